The Hall–Kier alpha value is -3.46. The van der Waals surface area contributed by atoms with E-state index in [1.165, 1.54) is 6.92 Å². The number of nitrogens with two attached hydrogens (primary N) is 3. The van der Waals surface area contributed by atoms with E-state index in [2.05, 4.69) is 26.1 Å². The van der Waals surface area contributed by atoms with Gasteiger partial charge in [-0.25, -0.2) is 9.59 Å². The van der Waals surface area contributed by atoms with Crippen LogP contribution >= 0.6 is 0 Å². The molecule has 0 bridgehead atoms. The lowest BCUT2D eigenvalue weighted by molar-refractivity contribution is -0.141. The first kappa shape index (κ1) is 25.6. The number of hydrogen-bond acceptors (Lipinski definition) is 9. The van der Waals surface area contributed by atoms with Gasteiger partial charge in [-0.15, -0.1) is 0 Å². The summed E-state index contributed by atoms with van der Waals surface area (Å²) in [6, 6.07) is -4.27. The second kappa shape index (κ2) is 12.3. The molecular formula is C16H29N9O6. The number of carbonyl (C=O) groups is 3. The lowest BCUT2D eigenvalue weighted by Crippen LogP contribution is -2.52. The van der Waals surface area contributed by atoms with Gasteiger partial charge in [0, 0.05) is 6.54 Å². The number of aliphatic carboxylic acids is 1. The van der Waals surface area contributed by atoms with Crippen LogP contribution in [0.25, 0.3) is 0 Å². The summed E-state index contributed by atoms with van der Waals surface area (Å²) >= 11 is 0. The maximum atomic E-state index is 12.1. The number of guanidine groups is 1. The van der Waals surface area contributed by atoms with Crippen LogP contribution in [0, 0.1) is 5.41 Å². The highest BCUT2D eigenvalue weighted by Crippen LogP contribution is 2.19. The molecule has 1 aromatic heterocycles. The van der Waals surface area contributed by atoms with E-state index < -0.39 is 48.6 Å². The van der Waals surface area contributed by atoms with Crippen LogP contribution in [0.4, 0.5) is 4.79 Å². The van der Waals surface area contributed by atoms with E-state index in [1.807, 2.05) is 0 Å². The van der Waals surface area contributed by atoms with Crippen molar-refractivity contribution in [1.29, 1.82) is 5.41 Å². The molecule has 0 saturated heterocycles. The molecule has 174 valence electrons. The summed E-state index contributed by atoms with van der Waals surface area (Å²) in [6.07, 6.45) is 0.135. The van der Waals surface area contributed by atoms with Gasteiger partial charge in [-0.05, 0) is 26.2 Å². The number of nitrogens with zero attached hydrogens (tertiary/aromatic N) is 2. The first-order valence-corrected chi connectivity index (χ1v) is 9.44. The van der Waals surface area contributed by atoms with Crippen molar-refractivity contribution in [3.8, 4) is 0 Å². The highest BCUT2D eigenvalue weighted by Gasteiger charge is 2.29. The van der Waals surface area contributed by atoms with Gasteiger partial charge in [0.1, 0.15) is 6.04 Å². The Morgan fingerprint density at radius 3 is 2.45 bits per heavy atom. The minimum atomic E-state index is -1.57. The maximum absolute atomic E-state index is 12.1. The minimum absolute atomic E-state index is 0.118. The first-order valence-electron chi connectivity index (χ1n) is 9.44. The van der Waals surface area contributed by atoms with Gasteiger partial charge in [-0.3, -0.25) is 10.2 Å². The molecule has 12 N–H and O–H groups in total. The molecular weight excluding hydrogens is 414 g/mol. The summed E-state index contributed by atoms with van der Waals surface area (Å²) < 4.78 is 5.09. The predicted octanol–water partition coefficient (Wildman–Crippen LogP) is -2.23. The molecule has 1 unspecified atom stereocenters. The molecule has 1 rings (SSSR count). The van der Waals surface area contributed by atoms with Crippen LogP contribution in [-0.2, 0) is 9.59 Å². The van der Waals surface area contributed by atoms with E-state index in [9.17, 15) is 19.5 Å². The number of aliphatic hydroxyl groups excluding tert-OH is 1. The largest absolute Gasteiger partial charge is 0.480 e. The van der Waals surface area contributed by atoms with E-state index in [0.29, 0.717) is 25.8 Å². The monoisotopic (exact) mass is 443 g/mol. The van der Waals surface area contributed by atoms with Gasteiger partial charge in [0.15, 0.2) is 17.8 Å². The number of aliphatic hydroxyl groups is 1. The number of hydrogen-bond donors (Lipinski definition) is 9. The number of nitrogens with one attached hydrogen (secondary N) is 4. The number of carbonyl (C=O) groups excluding carboxylic acids is 2. The van der Waals surface area contributed by atoms with Crippen molar-refractivity contribution in [1.82, 2.24) is 26.1 Å². The molecule has 15 heteroatoms. The third-order valence-corrected chi connectivity index (χ3v) is 4.09. The summed E-state index contributed by atoms with van der Waals surface area (Å²) in [5.74, 6) is -2.33. The predicted molar refractivity (Wildman–Crippen MR) is 106 cm³/mol. The number of aromatic nitrogens is 2. The fourth-order valence-electron chi connectivity index (χ4n) is 2.51. The van der Waals surface area contributed by atoms with E-state index in [0.717, 1.165) is 0 Å². The number of carboxylic acids is 1. The van der Waals surface area contributed by atoms with Crippen molar-refractivity contribution >= 4 is 23.9 Å². The van der Waals surface area contributed by atoms with Crippen molar-refractivity contribution in [3.05, 3.63) is 11.7 Å². The molecule has 0 fully saturated rings. The highest BCUT2D eigenvalue weighted by molar-refractivity contribution is 5.83. The van der Waals surface area contributed by atoms with Gasteiger partial charge in [0.2, 0.25) is 11.8 Å². The van der Waals surface area contributed by atoms with Gasteiger partial charge in [0.05, 0.1) is 18.6 Å². The smallest absolute Gasteiger partial charge is 0.328 e. The third-order valence-electron chi connectivity index (χ3n) is 4.09. The molecule has 0 aliphatic heterocycles. The molecule has 1 heterocycles. The SMILES string of the molecule is CC(O)[C@H](NC(=O)N[C@@H](CC(N)=O)c1nc([C@@H](N)CCCCNC(=N)N)no1)C(=O)O. The van der Waals surface area contributed by atoms with E-state index in [4.69, 9.17) is 32.2 Å². The van der Waals surface area contributed by atoms with Crippen LogP contribution < -0.4 is 33.2 Å². The minimum Gasteiger partial charge on any atom is -0.480 e. The number of rotatable bonds is 13. The van der Waals surface area contributed by atoms with Crippen LogP contribution in [0.15, 0.2) is 4.52 Å². The molecule has 0 aliphatic carbocycles. The Labute approximate surface area is 177 Å². The molecule has 0 spiro atoms. The topological polar surface area (TPSA) is 269 Å². The fourth-order valence-corrected chi connectivity index (χ4v) is 2.51. The Morgan fingerprint density at radius 2 is 1.90 bits per heavy atom. The lowest BCUT2D eigenvalue weighted by Gasteiger charge is -2.19. The number of urea groups is 1. The zero-order chi connectivity index (χ0) is 23.6. The summed E-state index contributed by atoms with van der Waals surface area (Å²) in [4.78, 5) is 38.7. The van der Waals surface area contributed by atoms with Gasteiger partial charge in [-0.2, -0.15) is 4.98 Å². The van der Waals surface area contributed by atoms with Gasteiger partial charge in [-0.1, -0.05) is 5.16 Å². The van der Waals surface area contributed by atoms with E-state index in [-0.39, 0.29) is 17.7 Å². The maximum Gasteiger partial charge on any atom is 0.328 e. The Balaban J connectivity index is 2.74. The number of primary amides is 1. The first-order chi connectivity index (χ1) is 14.5. The number of unbranched alkanes of at least 4 members (excludes halogenated alkanes) is 1. The summed E-state index contributed by atoms with van der Waals surface area (Å²) in [5.41, 5.74) is 16.4. The van der Waals surface area contributed by atoms with Crippen molar-refractivity contribution in [2.75, 3.05) is 6.54 Å². The Morgan fingerprint density at radius 1 is 1.23 bits per heavy atom. The zero-order valence-corrected chi connectivity index (χ0v) is 17.0. The quantitative estimate of drug-likeness (QED) is 0.0893. The van der Waals surface area contributed by atoms with E-state index >= 15 is 0 Å². The Bertz CT molecular complexity index is 769. The molecule has 1 aromatic rings. The molecule has 0 aromatic carbocycles. The van der Waals surface area contributed by atoms with Gasteiger partial charge >= 0.3 is 12.0 Å². The van der Waals surface area contributed by atoms with Crippen LogP contribution in [0.5, 0.6) is 0 Å². The van der Waals surface area contributed by atoms with Crippen LogP contribution in [0.2, 0.25) is 0 Å². The van der Waals surface area contributed by atoms with Crippen LogP contribution in [0.1, 0.15) is 56.4 Å². The Kier molecular flexibility index (Phi) is 10.1. The standard InChI is InChI=1S/C16H29N9O6/c1-7(26)11(14(28)29)23-16(30)22-9(6-10(18)27)13-24-12(25-31-13)8(17)4-2-3-5-21-15(19)20/h7-9,11,26H,2-6,17H2,1H3,(H2,18,27)(H,28,29)(H4,19,20,21)(H2,22,23,30)/t7?,8-,9-,11-/m0/s1. The van der Waals surface area contributed by atoms with E-state index in [1.54, 1.807) is 0 Å². The van der Waals surface area contributed by atoms with Crippen LogP contribution in [0.3, 0.4) is 0 Å². The van der Waals surface area contributed by atoms with Crippen molar-refractivity contribution < 1.29 is 29.1 Å². The average molecular weight is 443 g/mol. The molecule has 0 radical (unpaired) electrons. The fraction of sp³-hybridized carbons (Fsp3) is 0.625. The average Bonchev–Trinajstić information content (AvgIpc) is 3.14. The van der Waals surface area contributed by atoms with Gasteiger partial charge < -0.3 is 47.9 Å². The molecule has 0 aliphatic rings. The van der Waals surface area contributed by atoms with Crippen molar-refractivity contribution in [2.24, 2.45) is 17.2 Å². The molecule has 3 amide bonds. The zero-order valence-electron chi connectivity index (χ0n) is 17.0. The van der Waals surface area contributed by atoms with Crippen LogP contribution in [-0.4, -0.2) is 62.9 Å². The summed E-state index contributed by atoms with van der Waals surface area (Å²) in [7, 11) is 0. The number of amides is 3. The summed E-state index contributed by atoms with van der Waals surface area (Å²) in [6.45, 7) is 1.71. The second-order valence-electron chi connectivity index (χ2n) is 6.83. The molecule has 0 saturated carbocycles. The molecule has 4 atom stereocenters. The summed E-state index contributed by atoms with van der Waals surface area (Å²) in [5, 5.41) is 36.4. The van der Waals surface area contributed by atoms with Crippen molar-refractivity contribution in [3.63, 3.8) is 0 Å². The van der Waals surface area contributed by atoms with Crippen molar-refractivity contribution in [2.45, 2.75) is 56.8 Å². The van der Waals surface area contributed by atoms with Gasteiger partial charge in [0.25, 0.3) is 0 Å². The molecule has 31 heavy (non-hydrogen) atoms. The highest BCUT2D eigenvalue weighted by atomic mass is 16.5. The third kappa shape index (κ3) is 9.26. The second-order valence-corrected chi connectivity index (χ2v) is 6.83. The lowest BCUT2D eigenvalue weighted by atomic mass is 10.1. The molecule has 15 nitrogen and oxygen atoms in total. The normalized spacial score (nSPS) is 14.7. The number of carboxylic acid groups (broad SMARTS) is 1.